The summed E-state index contributed by atoms with van der Waals surface area (Å²) < 4.78 is 13.5. The van der Waals surface area contributed by atoms with Crippen molar-refractivity contribution in [3.63, 3.8) is 0 Å². The molecule has 6 heterocycles. The highest BCUT2D eigenvalue weighted by atomic mass is 79.9. The average molecular weight is 1360 g/mol. The second kappa shape index (κ2) is 21.5. The lowest BCUT2D eigenvalue weighted by molar-refractivity contribution is 0.426. The van der Waals surface area contributed by atoms with E-state index in [0.717, 1.165) is 126 Å². The normalized spacial score (nSPS) is 13.3. The molecule has 0 saturated heterocycles. The van der Waals surface area contributed by atoms with E-state index in [4.69, 9.17) is 38.8 Å². The van der Waals surface area contributed by atoms with E-state index in [2.05, 4.69) is 231 Å². The Labute approximate surface area is 541 Å². The zero-order chi connectivity index (χ0) is 61.3. The molecule has 18 rings (SSSR count). The number of hydrogen-bond acceptors (Lipinski definition) is 10. The minimum atomic E-state index is -1.45. The third-order valence-corrected chi connectivity index (χ3v) is 19.4. The Morgan fingerprint density at radius 1 is 0.344 bits per heavy atom. The molecule has 0 bridgehead atoms. The molecular formula is C76H50BBr3N6O4. The summed E-state index contributed by atoms with van der Waals surface area (Å²) in [6, 6.07) is 74.9. The lowest BCUT2D eigenvalue weighted by Crippen LogP contribution is -2.29. The van der Waals surface area contributed by atoms with Crippen molar-refractivity contribution >= 4 is 148 Å². The van der Waals surface area contributed by atoms with Gasteiger partial charge < -0.3 is 18.9 Å². The first-order valence-electron chi connectivity index (χ1n) is 29.5. The molecule has 0 saturated carbocycles. The molecule has 14 heteroatoms. The molecular weight excluding hydrogens is 1310 g/mol. The lowest BCUT2D eigenvalue weighted by atomic mass is 9.80. The van der Waals surface area contributed by atoms with Crippen molar-refractivity contribution in [2.45, 2.75) is 38.5 Å². The molecule has 2 aliphatic rings. The second-order valence-electron chi connectivity index (χ2n) is 24.0. The predicted molar refractivity (Wildman–Crippen MR) is 375 cm³/mol. The molecule has 2 aliphatic carbocycles. The zero-order valence-electron chi connectivity index (χ0n) is 48.9. The number of hydrogen-bond donors (Lipinski definition) is 2. The van der Waals surface area contributed by atoms with Crippen LogP contribution in [-0.4, -0.2) is 47.1 Å². The summed E-state index contributed by atoms with van der Waals surface area (Å²) in [5.41, 5.74) is 23.7. The van der Waals surface area contributed by atoms with Gasteiger partial charge in [-0.2, -0.15) is 0 Å². The Balaban J connectivity index is 0.000000120. The monoisotopic (exact) mass is 1360 g/mol. The number of rotatable bonds is 4. The number of fused-ring (bicyclic) bond motifs is 18. The van der Waals surface area contributed by atoms with E-state index < -0.39 is 7.12 Å². The number of pyridine rings is 2. The summed E-state index contributed by atoms with van der Waals surface area (Å²) in [4.78, 5) is 29.0. The molecule has 10 nitrogen and oxygen atoms in total. The van der Waals surface area contributed by atoms with E-state index in [1.165, 1.54) is 44.5 Å². The van der Waals surface area contributed by atoms with Gasteiger partial charge in [-0.1, -0.05) is 173 Å². The predicted octanol–water partition coefficient (Wildman–Crippen LogP) is 19.4. The van der Waals surface area contributed by atoms with Crippen LogP contribution >= 0.6 is 47.8 Å². The van der Waals surface area contributed by atoms with Crippen LogP contribution in [0.3, 0.4) is 0 Å². The van der Waals surface area contributed by atoms with Gasteiger partial charge in [-0.3, -0.25) is 0 Å². The van der Waals surface area contributed by atoms with Crippen LogP contribution in [0, 0.1) is 0 Å². The van der Waals surface area contributed by atoms with E-state index in [0.29, 0.717) is 14.9 Å². The topological polar surface area (TPSA) is 144 Å². The Morgan fingerprint density at radius 3 is 1.36 bits per heavy atom. The first-order chi connectivity index (χ1) is 43.6. The fourth-order valence-electron chi connectivity index (χ4n) is 13.5. The summed E-state index contributed by atoms with van der Waals surface area (Å²) in [5, 5.41) is 26.3. The largest absolute Gasteiger partial charge is 0.488 e. The first kappa shape index (κ1) is 56.0. The fraction of sp³-hybridized carbons (Fsp3) is 0.0789. The first-order valence-corrected chi connectivity index (χ1v) is 31.9. The molecule has 432 valence electrons. The smallest absolute Gasteiger partial charge is 0.456 e. The Bertz CT molecular complexity index is 5690. The van der Waals surface area contributed by atoms with Crippen LogP contribution in [0.15, 0.2) is 241 Å². The van der Waals surface area contributed by atoms with Crippen molar-refractivity contribution in [3.8, 4) is 56.0 Å². The summed E-state index contributed by atoms with van der Waals surface area (Å²) in [6.45, 7) is 9.22. The van der Waals surface area contributed by atoms with Crippen LogP contribution in [0.4, 0.5) is 0 Å². The van der Waals surface area contributed by atoms with E-state index >= 15 is 0 Å². The highest BCUT2D eigenvalue weighted by Crippen LogP contribution is 2.51. The zero-order valence-corrected chi connectivity index (χ0v) is 53.6. The maximum absolute atomic E-state index is 9.12. The number of furan rings is 2. The van der Waals surface area contributed by atoms with E-state index in [1.807, 2.05) is 54.6 Å². The Kier molecular flexibility index (Phi) is 13.4. The molecule has 0 radical (unpaired) electrons. The lowest BCUT2D eigenvalue weighted by Gasteiger charge is -2.21. The molecule has 2 N–H and O–H groups in total. The second-order valence-corrected chi connectivity index (χ2v) is 26.2. The van der Waals surface area contributed by atoms with Crippen molar-refractivity contribution in [1.82, 2.24) is 29.9 Å². The number of benzene rings is 10. The SMILES string of the molecule is CC1(C)c2ccccc2-c2ccc(-c3ccc4ccc5c(-c6ccc7oc8ccccc8c7c6)nc(Br)nc5c4n3)cc21.CC1(C)c2ccccc2-c2ccc(-c3ccc4ccc5c(Br)nc(Br)nc5c4n3)cc21.OB(O)c1ccc2oc3ccccc3c2c1. The van der Waals surface area contributed by atoms with Gasteiger partial charge in [0.15, 0.2) is 9.47 Å². The molecule has 6 aromatic heterocycles. The van der Waals surface area contributed by atoms with Gasteiger partial charge in [-0.05, 0) is 171 Å². The quantitative estimate of drug-likeness (QED) is 0.0756. The molecule has 0 unspecified atom stereocenters. The standard InChI is InChI=1S/C38H24BrN3O.C26H17Br2N3.C12H9BO3/c1-38(2)29-9-5-3-7-24(29)25-15-12-22(20-30(25)38)31-17-13-21-11-16-27-34(41-37(39)42-36(27)35(21)40-31)23-14-18-33-28(19-23)26-8-4-6-10-32(26)43-33;1-26(2)19-6-4-3-5-16(19)17-10-8-15(13-20(17)26)21-12-9-14-7-11-18-23(22(14)29-21)30-25(28)31-24(18)27;14-13(15)8-5-6-12-10(7-8)9-3-1-2-4-11(9)16-12/h3-20H,1-2H3;3-13H,1-2H3;1-7,14-15H. The van der Waals surface area contributed by atoms with Crippen molar-refractivity contribution in [1.29, 1.82) is 0 Å². The van der Waals surface area contributed by atoms with Crippen LogP contribution in [0.5, 0.6) is 0 Å². The van der Waals surface area contributed by atoms with Gasteiger partial charge in [0, 0.05) is 70.6 Å². The Morgan fingerprint density at radius 2 is 0.789 bits per heavy atom. The molecule has 10 aromatic carbocycles. The van der Waals surface area contributed by atoms with E-state index in [1.54, 1.807) is 18.2 Å². The third-order valence-electron chi connectivity index (χ3n) is 18.1. The van der Waals surface area contributed by atoms with Gasteiger partial charge in [0.05, 0.1) is 28.1 Å². The van der Waals surface area contributed by atoms with Gasteiger partial charge in [0.1, 0.15) is 38.0 Å². The average Bonchev–Trinajstić information content (AvgIpc) is 1.51. The van der Waals surface area contributed by atoms with Gasteiger partial charge in [0.2, 0.25) is 0 Å². The summed E-state index contributed by atoms with van der Waals surface area (Å²) in [5.74, 6) is 0. The summed E-state index contributed by atoms with van der Waals surface area (Å²) in [6.07, 6.45) is 0. The number of para-hydroxylation sites is 2. The maximum Gasteiger partial charge on any atom is 0.488 e. The third kappa shape index (κ3) is 9.25. The minimum absolute atomic E-state index is 0.0333. The van der Waals surface area contributed by atoms with E-state index in [9.17, 15) is 0 Å². The van der Waals surface area contributed by atoms with Crippen LogP contribution in [0.1, 0.15) is 49.9 Å². The molecule has 0 spiro atoms. The van der Waals surface area contributed by atoms with Crippen molar-refractivity contribution in [2.75, 3.05) is 0 Å². The van der Waals surface area contributed by atoms with Gasteiger partial charge in [-0.15, -0.1) is 0 Å². The van der Waals surface area contributed by atoms with Crippen molar-refractivity contribution in [2.24, 2.45) is 0 Å². The fourth-order valence-corrected chi connectivity index (χ4v) is 14.9. The van der Waals surface area contributed by atoms with Gasteiger partial charge in [-0.25, -0.2) is 29.9 Å². The molecule has 90 heavy (non-hydrogen) atoms. The highest BCUT2D eigenvalue weighted by Gasteiger charge is 2.37. The Hall–Kier alpha value is -9.28. The molecule has 16 aromatic rings. The maximum atomic E-state index is 9.12. The van der Waals surface area contributed by atoms with Crippen molar-refractivity contribution < 1.29 is 18.9 Å². The number of halogens is 3. The van der Waals surface area contributed by atoms with Crippen LogP contribution in [-0.2, 0) is 10.8 Å². The molecule has 0 aliphatic heterocycles. The minimum Gasteiger partial charge on any atom is -0.456 e. The number of nitrogens with zero attached hydrogens (tertiary/aromatic N) is 6. The molecule has 0 fully saturated rings. The molecule has 0 amide bonds. The molecule has 0 atom stereocenters. The van der Waals surface area contributed by atoms with Crippen LogP contribution < -0.4 is 5.46 Å². The van der Waals surface area contributed by atoms with Crippen LogP contribution in [0.2, 0.25) is 0 Å². The number of aromatic nitrogens is 6. The highest BCUT2D eigenvalue weighted by molar-refractivity contribution is 9.11. The van der Waals surface area contributed by atoms with Gasteiger partial charge >= 0.3 is 7.12 Å². The summed E-state index contributed by atoms with van der Waals surface area (Å²) >= 11 is 10.6. The summed E-state index contributed by atoms with van der Waals surface area (Å²) in [7, 11) is -1.45. The van der Waals surface area contributed by atoms with Crippen molar-refractivity contribution in [3.05, 3.63) is 255 Å². The van der Waals surface area contributed by atoms with E-state index in [-0.39, 0.29) is 10.8 Å². The van der Waals surface area contributed by atoms with Crippen LogP contribution in [0.25, 0.3) is 144 Å². The van der Waals surface area contributed by atoms with Gasteiger partial charge in [0.25, 0.3) is 0 Å².